The molecule has 0 radical (unpaired) electrons. The Balaban J connectivity index is 0. The second-order valence-electron chi connectivity index (χ2n) is 5.14. The number of nitrogens with two attached hydrogens (primary N) is 1. The molecule has 0 rings (SSSR count). The molecule has 0 saturated heterocycles. The Morgan fingerprint density at radius 2 is 1.45 bits per heavy atom. The summed E-state index contributed by atoms with van der Waals surface area (Å²) < 4.78 is 4.94. The molecule has 0 aliphatic rings. The number of aliphatic hydroxyl groups excluding tert-OH is 1. The number of halogens is 1. The van der Waals surface area contributed by atoms with Crippen LogP contribution in [0, 0.1) is 0 Å². The number of hydrogen-bond acceptors (Lipinski definition) is 4. The predicted molar refractivity (Wildman–Crippen MR) is 85.1 cm³/mol. The maximum atomic E-state index is 11.1. The summed E-state index contributed by atoms with van der Waals surface area (Å²) in [6, 6.07) is -0.886. The molecule has 0 bridgehead atoms. The third kappa shape index (κ3) is 14.1. The molecule has 0 unspecified atom stereocenters. The van der Waals surface area contributed by atoms with E-state index in [1.807, 2.05) is 0 Å². The molecule has 20 heavy (non-hydrogen) atoms. The monoisotopic (exact) mass is 309 g/mol. The van der Waals surface area contributed by atoms with E-state index in [2.05, 4.69) is 6.92 Å². The summed E-state index contributed by atoms with van der Waals surface area (Å²) in [6.07, 6.45) is 12.5. The number of unbranched alkanes of at least 4 members (excludes halogenated alkanes) is 9. The third-order valence-corrected chi connectivity index (χ3v) is 3.24. The van der Waals surface area contributed by atoms with E-state index in [0.717, 1.165) is 12.8 Å². The van der Waals surface area contributed by atoms with Crippen molar-refractivity contribution < 1.29 is 14.6 Å². The van der Waals surface area contributed by atoms with Gasteiger partial charge in [-0.1, -0.05) is 64.7 Å². The van der Waals surface area contributed by atoms with E-state index in [1.165, 1.54) is 51.4 Å². The zero-order chi connectivity index (χ0) is 14.3. The molecule has 0 aromatic carbocycles. The first-order chi connectivity index (χ1) is 9.22. The molecule has 4 nitrogen and oxygen atoms in total. The fourth-order valence-corrected chi connectivity index (χ4v) is 1.94. The van der Waals surface area contributed by atoms with Gasteiger partial charge in [-0.15, -0.1) is 12.4 Å². The second-order valence-corrected chi connectivity index (χ2v) is 5.14. The Kier molecular flexibility index (Phi) is 18.4. The van der Waals surface area contributed by atoms with Gasteiger partial charge in [0.15, 0.2) is 0 Å². The van der Waals surface area contributed by atoms with Gasteiger partial charge in [0.2, 0.25) is 0 Å². The number of hydrogen-bond donors (Lipinski definition) is 2. The number of rotatable bonds is 13. The Hall–Kier alpha value is -0.320. The van der Waals surface area contributed by atoms with Crippen LogP contribution in [0.4, 0.5) is 0 Å². The summed E-state index contributed by atoms with van der Waals surface area (Å²) in [7, 11) is 0. The topological polar surface area (TPSA) is 72.5 Å². The van der Waals surface area contributed by atoms with Crippen molar-refractivity contribution in [1.29, 1.82) is 0 Å². The lowest BCUT2D eigenvalue weighted by Crippen LogP contribution is -2.35. The average Bonchev–Trinajstić information content (AvgIpc) is 2.43. The molecule has 0 saturated carbocycles. The largest absolute Gasteiger partial charge is 0.464 e. The molecule has 1 atom stereocenters. The summed E-state index contributed by atoms with van der Waals surface area (Å²) in [6.45, 7) is 2.31. The second kappa shape index (κ2) is 16.7. The number of carbonyl (C=O) groups is 1. The first-order valence-electron chi connectivity index (χ1n) is 7.75. The molecule has 5 heteroatoms. The van der Waals surface area contributed by atoms with Crippen molar-refractivity contribution in [2.45, 2.75) is 77.2 Å². The van der Waals surface area contributed by atoms with E-state index >= 15 is 0 Å². The fraction of sp³-hybridized carbons (Fsp3) is 0.933. The van der Waals surface area contributed by atoms with Crippen LogP contribution in [-0.4, -0.2) is 30.3 Å². The average molecular weight is 310 g/mol. The Labute approximate surface area is 129 Å². The van der Waals surface area contributed by atoms with Crippen molar-refractivity contribution in [2.75, 3.05) is 13.2 Å². The minimum Gasteiger partial charge on any atom is -0.464 e. The third-order valence-electron chi connectivity index (χ3n) is 3.24. The van der Waals surface area contributed by atoms with Crippen LogP contribution in [0.25, 0.3) is 0 Å². The Bertz CT molecular complexity index is 215. The van der Waals surface area contributed by atoms with Crippen molar-refractivity contribution in [1.82, 2.24) is 0 Å². The van der Waals surface area contributed by atoms with Gasteiger partial charge in [-0.2, -0.15) is 0 Å². The molecule has 0 aromatic rings. The predicted octanol–water partition coefficient (Wildman–Crippen LogP) is 3.19. The maximum Gasteiger partial charge on any atom is 0.325 e. The Morgan fingerprint density at radius 1 is 1.00 bits per heavy atom. The lowest BCUT2D eigenvalue weighted by Gasteiger charge is -2.08. The van der Waals surface area contributed by atoms with Gasteiger partial charge < -0.3 is 15.6 Å². The summed E-state index contributed by atoms with van der Waals surface area (Å²) in [4.78, 5) is 11.1. The van der Waals surface area contributed by atoms with Gasteiger partial charge in [-0.3, -0.25) is 4.79 Å². The number of aliphatic hydroxyl groups is 1. The highest BCUT2D eigenvalue weighted by Crippen LogP contribution is 2.10. The van der Waals surface area contributed by atoms with Crippen LogP contribution in [0.3, 0.4) is 0 Å². The molecule has 0 aliphatic carbocycles. The normalized spacial score (nSPS) is 11.8. The van der Waals surface area contributed by atoms with Crippen molar-refractivity contribution in [3.8, 4) is 0 Å². The molecule has 0 amide bonds. The lowest BCUT2D eigenvalue weighted by molar-refractivity contribution is -0.146. The van der Waals surface area contributed by atoms with Gasteiger partial charge in [-0.25, -0.2) is 0 Å². The van der Waals surface area contributed by atoms with Crippen molar-refractivity contribution in [2.24, 2.45) is 5.73 Å². The smallest absolute Gasteiger partial charge is 0.325 e. The van der Waals surface area contributed by atoms with Crippen LogP contribution < -0.4 is 5.73 Å². The van der Waals surface area contributed by atoms with E-state index in [9.17, 15) is 4.79 Å². The number of ether oxygens (including phenoxy) is 1. The minimum atomic E-state index is -0.886. The van der Waals surface area contributed by atoms with Gasteiger partial charge in [0.25, 0.3) is 0 Å². The maximum absolute atomic E-state index is 11.1. The van der Waals surface area contributed by atoms with Crippen LogP contribution in [0.1, 0.15) is 71.1 Å². The van der Waals surface area contributed by atoms with Crippen LogP contribution in [-0.2, 0) is 9.53 Å². The fourth-order valence-electron chi connectivity index (χ4n) is 1.94. The van der Waals surface area contributed by atoms with Crippen molar-refractivity contribution >= 4 is 18.4 Å². The lowest BCUT2D eigenvalue weighted by atomic mass is 10.1. The van der Waals surface area contributed by atoms with Gasteiger partial charge in [-0.05, 0) is 6.42 Å². The molecule has 0 aliphatic heterocycles. The molecule has 0 fully saturated rings. The van der Waals surface area contributed by atoms with Gasteiger partial charge in [0, 0.05) is 0 Å². The number of carbonyl (C=O) groups excluding carboxylic acids is 1. The highest BCUT2D eigenvalue weighted by atomic mass is 35.5. The SMILES string of the molecule is CCCCCCCCCCCCOC(=O)[C@H](N)CO.Cl. The molecular formula is C15H32ClNO3. The van der Waals surface area contributed by atoms with Crippen LogP contribution in [0.2, 0.25) is 0 Å². The molecule has 122 valence electrons. The van der Waals surface area contributed by atoms with E-state index in [0.29, 0.717) is 6.61 Å². The summed E-state index contributed by atoms with van der Waals surface area (Å²) in [5.41, 5.74) is 5.32. The van der Waals surface area contributed by atoms with E-state index < -0.39 is 12.0 Å². The Morgan fingerprint density at radius 3 is 1.90 bits per heavy atom. The van der Waals surface area contributed by atoms with Gasteiger partial charge in [0.05, 0.1) is 13.2 Å². The van der Waals surface area contributed by atoms with Gasteiger partial charge >= 0.3 is 5.97 Å². The van der Waals surface area contributed by atoms with Crippen molar-refractivity contribution in [3.63, 3.8) is 0 Å². The van der Waals surface area contributed by atoms with E-state index in [1.54, 1.807) is 0 Å². The van der Waals surface area contributed by atoms with E-state index in [4.69, 9.17) is 15.6 Å². The quantitative estimate of drug-likeness (QED) is 0.405. The highest BCUT2D eigenvalue weighted by molar-refractivity contribution is 5.85. The number of esters is 1. The molecule has 0 heterocycles. The van der Waals surface area contributed by atoms with E-state index in [-0.39, 0.29) is 19.0 Å². The summed E-state index contributed by atoms with van der Waals surface area (Å²) >= 11 is 0. The summed E-state index contributed by atoms with van der Waals surface area (Å²) in [5.74, 6) is -0.501. The molecule has 0 spiro atoms. The zero-order valence-electron chi connectivity index (χ0n) is 12.8. The molecule has 3 N–H and O–H groups in total. The molecular weight excluding hydrogens is 278 g/mol. The highest BCUT2D eigenvalue weighted by Gasteiger charge is 2.12. The standard InChI is InChI=1S/C15H31NO3.ClH/c1-2-3-4-5-6-7-8-9-10-11-12-19-15(18)14(16)13-17;/h14,17H,2-13,16H2,1H3;1H/t14-;/m1./s1. The zero-order valence-corrected chi connectivity index (χ0v) is 13.6. The first kappa shape index (κ1) is 22.0. The first-order valence-corrected chi connectivity index (χ1v) is 7.75. The van der Waals surface area contributed by atoms with Crippen molar-refractivity contribution in [3.05, 3.63) is 0 Å². The minimum absolute atomic E-state index is 0. The van der Waals surface area contributed by atoms with Gasteiger partial charge in [0.1, 0.15) is 6.04 Å². The van der Waals surface area contributed by atoms with Crippen LogP contribution >= 0.6 is 12.4 Å². The van der Waals surface area contributed by atoms with Crippen LogP contribution in [0.15, 0.2) is 0 Å². The van der Waals surface area contributed by atoms with Crippen LogP contribution in [0.5, 0.6) is 0 Å². The summed E-state index contributed by atoms with van der Waals surface area (Å²) in [5, 5.41) is 8.66. The molecule has 0 aromatic heterocycles.